The number of benzene rings is 2. The summed E-state index contributed by atoms with van der Waals surface area (Å²) in [4.78, 5) is 2.35. The van der Waals surface area contributed by atoms with E-state index in [1.54, 1.807) is 0 Å². The van der Waals surface area contributed by atoms with Crippen LogP contribution in [0.25, 0.3) is 0 Å². The summed E-state index contributed by atoms with van der Waals surface area (Å²) in [7, 11) is 0. The van der Waals surface area contributed by atoms with Crippen molar-refractivity contribution in [3.05, 3.63) is 71.8 Å². The lowest BCUT2D eigenvalue weighted by molar-refractivity contribution is 0.842. The van der Waals surface area contributed by atoms with E-state index in [2.05, 4.69) is 61.7 Å². The predicted octanol–water partition coefficient (Wildman–Crippen LogP) is 4.72. The molecular weight excluding hydrogens is 268 g/mol. The molecule has 0 aliphatic rings. The van der Waals surface area contributed by atoms with Crippen molar-refractivity contribution in [1.29, 1.82) is 0 Å². The molecule has 0 atom stereocenters. The minimum absolute atomic E-state index is 0.814. The summed E-state index contributed by atoms with van der Waals surface area (Å²) in [5.74, 6) is 0. The van der Waals surface area contributed by atoms with Gasteiger partial charge in [0, 0.05) is 24.5 Å². The maximum atomic E-state index is 6.34. The molecule has 2 rings (SSSR count). The fourth-order valence-corrected chi connectivity index (χ4v) is 2.79. The molecule has 2 aromatic rings. The highest BCUT2D eigenvalue weighted by atomic mass is 15.1. The maximum Gasteiger partial charge on any atom is 0.0433 e. The second kappa shape index (κ2) is 7.69. The first-order valence-electron chi connectivity index (χ1n) is 7.95. The van der Waals surface area contributed by atoms with Crippen LogP contribution in [0.2, 0.25) is 0 Å². The number of aryl methyl sites for hydroxylation is 1. The molecule has 0 fully saturated rings. The van der Waals surface area contributed by atoms with Gasteiger partial charge in [-0.2, -0.15) is 0 Å². The van der Waals surface area contributed by atoms with E-state index >= 15 is 0 Å². The van der Waals surface area contributed by atoms with Gasteiger partial charge in [0.25, 0.3) is 0 Å². The molecule has 0 amide bonds. The molecule has 22 heavy (non-hydrogen) atoms. The molecule has 0 aromatic heterocycles. The smallest absolute Gasteiger partial charge is 0.0433 e. The molecule has 0 saturated heterocycles. The Balaban J connectivity index is 2.39. The second-order valence-corrected chi connectivity index (χ2v) is 5.70. The molecule has 0 heterocycles. The van der Waals surface area contributed by atoms with E-state index in [-0.39, 0.29) is 0 Å². The van der Waals surface area contributed by atoms with E-state index in [4.69, 9.17) is 5.73 Å². The van der Waals surface area contributed by atoms with Crippen LogP contribution in [0.5, 0.6) is 0 Å². The van der Waals surface area contributed by atoms with Crippen LogP contribution in [0.3, 0.4) is 0 Å². The number of hydrogen-bond acceptors (Lipinski definition) is 2. The molecule has 0 spiro atoms. The number of rotatable bonds is 7. The first-order valence-corrected chi connectivity index (χ1v) is 7.95. The molecule has 2 N–H and O–H groups in total. The number of nitrogens with two attached hydrogens (primary N) is 1. The number of nitrogen functional groups attached to an aromatic ring is 1. The molecule has 2 nitrogen and oxygen atoms in total. The lowest BCUT2D eigenvalue weighted by atomic mass is 10.0. The molecule has 0 aliphatic carbocycles. The predicted molar refractivity (Wildman–Crippen MR) is 97.3 cm³/mol. The Bertz CT molecular complexity index is 617. The van der Waals surface area contributed by atoms with E-state index in [1.165, 1.54) is 16.8 Å². The Kier molecular flexibility index (Phi) is 5.65. The zero-order valence-corrected chi connectivity index (χ0v) is 13.7. The lowest BCUT2D eigenvalue weighted by Crippen LogP contribution is -2.24. The molecule has 2 aromatic carbocycles. The largest absolute Gasteiger partial charge is 0.398 e. The number of anilines is 2. The van der Waals surface area contributed by atoms with Crippen LogP contribution in [0.4, 0.5) is 11.4 Å². The Morgan fingerprint density at radius 3 is 2.50 bits per heavy atom. The van der Waals surface area contributed by atoms with Gasteiger partial charge in [-0.25, -0.2) is 0 Å². The number of nitrogens with zero attached hydrogens (tertiary/aromatic N) is 1. The minimum atomic E-state index is 0.814. The molecule has 0 aliphatic heterocycles. The highest BCUT2D eigenvalue weighted by Gasteiger charge is 2.14. The Labute approximate surface area is 134 Å². The molecule has 0 radical (unpaired) electrons. The molecule has 116 valence electrons. The highest BCUT2D eigenvalue weighted by molar-refractivity contribution is 5.68. The molecule has 0 saturated carbocycles. The summed E-state index contributed by atoms with van der Waals surface area (Å²) in [5, 5.41) is 0. The number of hydrogen-bond donors (Lipinski definition) is 1. The van der Waals surface area contributed by atoms with Gasteiger partial charge in [-0.3, -0.25) is 0 Å². The highest BCUT2D eigenvalue weighted by Crippen LogP contribution is 2.31. The molecular formula is C20H26N2. The van der Waals surface area contributed by atoms with Crippen LogP contribution < -0.4 is 10.6 Å². The van der Waals surface area contributed by atoms with E-state index < -0.39 is 0 Å². The summed E-state index contributed by atoms with van der Waals surface area (Å²) in [5.41, 5.74) is 12.2. The minimum Gasteiger partial charge on any atom is -0.398 e. The summed E-state index contributed by atoms with van der Waals surface area (Å²) >= 11 is 0. The maximum absolute atomic E-state index is 6.34. The van der Waals surface area contributed by atoms with Gasteiger partial charge >= 0.3 is 0 Å². The second-order valence-electron chi connectivity index (χ2n) is 5.70. The van der Waals surface area contributed by atoms with Crippen LogP contribution >= 0.6 is 0 Å². The van der Waals surface area contributed by atoms with Crippen LogP contribution in [0.15, 0.2) is 55.1 Å². The average molecular weight is 294 g/mol. The molecule has 2 heteroatoms. The average Bonchev–Trinajstić information content (AvgIpc) is 2.53. The Morgan fingerprint density at radius 2 is 1.86 bits per heavy atom. The Morgan fingerprint density at radius 1 is 1.14 bits per heavy atom. The monoisotopic (exact) mass is 294 g/mol. The van der Waals surface area contributed by atoms with Gasteiger partial charge in [-0.1, -0.05) is 55.8 Å². The van der Waals surface area contributed by atoms with Crippen molar-refractivity contribution in [3.63, 3.8) is 0 Å². The van der Waals surface area contributed by atoms with Gasteiger partial charge in [0.05, 0.1) is 0 Å². The van der Waals surface area contributed by atoms with Crippen LogP contribution in [-0.4, -0.2) is 6.54 Å². The zero-order valence-electron chi connectivity index (χ0n) is 13.7. The molecule has 0 bridgehead atoms. The zero-order chi connectivity index (χ0) is 15.9. The summed E-state index contributed by atoms with van der Waals surface area (Å²) < 4.78 is 0. The van der Waals surface area contributed by atoms with Gasteiger partial charge in [0.15, 0.2) is 0 Å². The van der Waals surface area contributed by atoms with Crippen molar-refractivity contribution in [2.75, 3.05) is 17.2 Å². The standard InChI is InChI=1S/C20H26N2/c1-4-9-18-19(13-12-16(3)20(18)21)22(14-5-2)15-17-10-7-6-8-11-17/h5-8,10-13H,2,4,9,14-15,21H2,1,3H3. The van der Waals surface area contributed by atoms with E-state index in [1.807, 2.05) is 12.1 Å². The van der Waals surface area contributed by atoms with Gasteiger partial charge < -0.3 is 10.6 Å². The van der Waals surface area contributed by atoms with Crippen LogP contribution in [0.1, 0.15) is 30.0 Å². The van der Waals surface area contributed by atoms with Crippen molar-refractivity contribution in [2.24, 2.45) is 0 Å². The molecule has 0 unspecified atom stereocenters. The van der Waals surface area contributed by atoms with Crippen molar-refractivity contribution in [3.8, 4) is 0 Å². The fraction of sp³-hybridized carbons (Fsp3) is 0.300. The van der Waals surface area contributed by atoms with Crippen molar-refractivity contribution in [2.45, 2.75) is 33.2 Å². The lowest BCUT2D eigenvalue weighted by Gasteiger charge is -2.27. The van der Waals surface area contributed by atoms with E-state index in [9.17, 15) is 0 Å². The van der Waals surface area contributed by atoms with Gasteiger partial charge in [0.1, 0.15) is 0 Å². The van der Waals surface area contributed by atoms with Crippen molar-refractivity contribution >= 4 is 11.4 Å². The topological polar surface area (TPSA) is 29.3 Å². The van der Waals surface area contributed by atoms with Gasteiger partial charge in [-0.15, -0.1) is 6.58 Å². The van der Waals surface area contributed by atoms with Crippen LogP contribution in [0, 0.1) is 6.92 Å². The fourth-order valence-electron chi connectivity index (χ4n) is 2.79. The van der Waals surface area contributed by atoms with Gasteiger partial charge in [-0.05, 0) is 36.1 Å². The first-order chi connectivity index (χ1) is 10.7. The van der Waals surface area contributed by atoms with Crippen molar-refractivity contribution in [1.82, 2.24) is 0 Å². The summed E-state index contributed by atoms with van der Waals surface area (Å²) in [6.07, 6.45) is 4.05. The summed E-state index contributed by atoms with van der Waals surface area (Å²) in [6.45, 7) is 9.86. The summed E-state index contributed by atoms with van der Waals surface area (Å²) in [6, 6.07) is 14.8. The quantitative estimate of drug-likeness (QED) is 0.591. The van der Waals surface area contributed by atoms with Crippen molar-refractivity contribution < 1.29 is 0 Å². The SMILES string of the molecule is C=CCN(Cc1ccccc1)c1ccc(C)c(N)c1CCC. The third-order valence-electron chi connectivity index (χ3n) is 3.96. The Hall–Kier alpha value is -2.22. The van der Waals surface area contributed by atoms with E-state index in [0.717, 1.165) is 37.2 Å². The normalized spacial score (nSPS) is 10.5. The van der Waals surface area contributed by atoms with Gasteiger partial charge in [0.2, 0.25) is 0 Å². The third-order valence-corrected chi connectivity index (χ3v) is 3.96. The third kappa shape index (κ3) is 3.70. The first kappa shape index (κ1) is 16.2. The van der Waals surface area contributed by atoms with Crippen LogP contribution in [-0.2, 0) is 13.0 Å². The van der Waals surface area contributed by atoms with E-state index in [0.29, 0.717) is 0 Å².